The maximum atomic E-state index is 12.5. The minimum absolute atomic E-state index is 0.138. The Morgan fingerprint density at radius 2 is 1.93 bits per heavy atom. The number of anilines is 1. The van der Waals surface area contributed by atoms with Crippen LogP contribution in [0.15, 0.2) is 17.3 Å². The average Bonchev–Trinajstić information content (AvgIpc) is 3.29. The first-order chi connectivity index (χ1) is 13.4. The highest BCUT2D eigenvalue weighted by molar-refractivity contribution is 7.99. The molecule has 1 fully saturated rings. The number of halogens is 1. The Labute approximate surface area is 175 Å². The number of imidazole rings is 1. The number of carbonyl (C=O) groups excluding carboxylic acids is 1. The number of hydrogen-bond donors (Lipinski definition) is 1. The number of thioether (sulfide) groups is 1. The van der Waals surface area contributed by atoms with Crippen LogP contribution in [0.5, 0.6) is 11.5 Å². The lowest BCUT2D eigenvalue weighted by molar-refractivity contribution is -0.113. The van der Waals surface area contributed by atoms with E-state index in [1.54, 1.807) is 12.1 Å². The first-order valence-corrected chi connectivity index (χ1v) is 10.7. The fourth-order valence-corrected chi connectivity index (χ4v) is 4.76. The van der Waals surface area contributed by atoms with E-state index in [1.165, 1.54) is 57.4 Å². The van der Waals surface area contributed by atoms with E-state index in [0.29, 0.717) is 28.3 Å². The van der Waals surface area contributed by atoms with E-state index >= 15 is 0 Å². The molecular formula is C20H26ClN3O3S. The molecule has 2 aromatic rings. The van der Waals surface area contributed by atoms with Gasteiger partial charge >= 0.3 is 0 Å². The van der Waals surface area contributed by atoms with Crippen molar-refractivity contribution >= 4 is 35.0 Å². The molecule has 1 aromatic heterocycles. The van der Waals surface area contributed by atoms with Crippen LogP contribution in [-0.2, 0) is 4.79 Å². The van der Waals surface area contributed by atoms with E-state index in [-0.39, 0.29) is 11.7 Å². The van der Waals surface area contributed by atoms with Crippen LogP contribution in [0.4, 0.5) is 5.69 Å². The first-order valence-electron chi connectivity index (χ1n) is 9.34. The third-order valence-electron chi connectivity index (χ3n) is 5.12. The number of amides is 1. The number of rotatable bonds is 7. The van der Waals surface area contributed by atoms with Crippen LogP contribution in [0.2, 0.25) is 5.02 Å². The van der Waals surface area contributed by atoms with E-state index in [9.17, 15) is 4.79 Å². The topological polar surface area (TPSA) is 65.4 Å². The summed E-state index contributed by atoms with van der Waals surface area (Å²) in [5.41, 5.74) is 2.74. The van der Waals surface area contributed by atoms with Crippen LogP contribution >= 0.6 is 23.4 Å². The third-order valence-corrected chi connectivity index (χ3v) is 6.37. The fourth-order valence-electron chi connectivity index (χ4n) is 3.56. The fraction of sp³-hybridized carbons (Fsp3) is 0.500. The van der Waals surface area contributed by atoms with Crippen molar-refractivity contribution < 1.29 is 14.3 Å². The lowest BCUT2D eigenvalue weighted by Crippen LogP contribution is -2.16. The van der Waals surface area contributed by atoms with E-state index in [2.05, 4.69) is 21.8 Å². The standard InChI is InChI=1S/C20H26ClN3O3S/c1-12-13(2)24(14-7-5-6-8-14)20(22-12)28-11-19(25)23-16-9-15(21)17(26-3)10-18(16)27-4/h9-10,14H,5-8,11H2,1-4H3,(H,23,25). The SMILES string of the molecule is COc1cc(OC)c(NC(=O)CSc2nc(C)c(C)n2C2CCCC2)cc1Cl. The number of ether oxygens (including phenoxy) is 2. The lowest BCUT2D eigenvalue weighted by atomic mass is 10.2. The zero-order valence-corrected chi connectivity index (χ0v) is 18.2. The largest absolute Gasteiger partial charge is 0.495 e. The van der Waals surface area contributed by atoms with Crippen molar-refractivity contribution in [1.29, 1.82) is 0 Å². The zero-order chi connectivity index (χ0) is 20.3. The van der Waals surface area contributed by atoms with E-state index in [0.717, 1.165) is 10.9 Å². The van der Waals surface area contributed by atoms with Crippen LogP contribution in [0.1, 0.15) is 43.1 Å². The molecule has 1 amide bonds. The van der Waals surface area contributed by atoms with Gasteiger partial charge in [0.1, 0.15) is 11.5 Å². The van der Waals surface area contributed by atoms with Gasteiger partial charge in [0, 0.05) is 17.8 Å². The molecule has 0 atom stereocenters. The van der Waals surface area contributed by atoms with Crippen LogP contribution in [0, 0.1) is 13.8 Å². The number of aryl methyl sites for hydroxylation is 1. The Balaban J connectivity index is 1.70. The highest BCUT2D eigenvalue weighted by Crippen LogP contribution is 2.37. The molecule has 1 heterocycles. The number of aromatic nitrogens is 2. The van der Waals surface area contributed by atoms with Crippen LogP contribution in [0.3, 0.4) is 0 Å². The number of benzene rings is 1. The van der Waals surface area contributed by atoms with E-state index < -0.39 is 0 Å². The number of methoxy groups -OCH3 is 2. The minimum Gasteiger partial charge on any atom is -0.495 e. The molecule has 0 bridgehead atoms. The monoisotopic (exact) mass is 423 g/mol. The van der Waals surface area contributed by atoms with Gasteiger partial charge in [-0.3, -0.25) is 4.79 Å². The molecule has 6 nitrogen and oxygen atoms in total. The molecular weight excluding hydrogens is 398 g/mol. The average molecular weight is 424 g/mol. The van der Waals surface area contributed by atoms with Crippen molar-refractivity contribution in [3.05, 3.63) is 28.5 Å². The minimum atomic E-state index is -0.138. The third kappa shape index (κ3) is 4.41. The smallest absolute Gasteiger partial charge is 0.234 e. The van der Waals surface area contributed by atoms with Crippen LogP contribution in [-0.4, -0.2) is 35.4 Å². The Morgan fingerprint density at radius 1 is 1.25 bits per heavy atom. The van der Waals surface area contributed by atoms with Gasteiger partial charge in [-0.05, 0) is 32.8 Å². The summed E-state index contributed by atoms with van der Waals surface area (Å²) in [4.78, 5) is 17.2. The Hall–Kier alpha value is -1.86. The second-order valence-electron chi connectivity index (χ2n) is 6.90. The van der Waals surface area contributed by atoms with E-state index in [4.69, 9.17) is 21.1 Å². The summed E-state index contributed by atoms with van der Waals surface area (Å²) in [6, 6.07) is 3.78. The van der Waals surface area contributed by atoms with Gasteiger partial charge in [0.2, 0.25) is 5.91 Å². The molecule has 152 valence electrons. The van der Waals surface area contributed by atoms with Gasteiger partial charge in [-0.15, -0.1) is 0 Å². The van der Waals surface area contributed by atoms with Gasteiger partial charge in [0.15, 0.2) is 5.16 Å². The molecule has 8 heteroatoms. The van der Waals surface area contributed by atoms with Crippen molar-refractivity contribution in [2.24, 2.45) is 0 Å². The predicted octanol–water partition coefficient (Wildman–Crippen LogP) is 5.02. The zero-order valence-electron chi connectivity index (χ0n) is 16.7. The summed E-state index contributed by atoms with van der Waals surface area (Å²) in [6.07, 6.45) is 4.86. The molecule has 0 saturated heterocycles. The van der Waals surface area contributed by atoms with Crippen molar-refractivity contribution in [2.75, 3.05) is 25.3 Å². The van der Waals surface area contributed by atoms with Crippen LogP contribution in [0.25, 0.3) is 0 Å². The van der Waals surface area contributed by atoms with E-state index in [1.807, 2.05) is 6.92 Å². The number of carbonyl (C=O) groups is 1. The molecule has 1 aliphatic rings. The second-order valence-corrected chi connectivity index (χ2v) is 8.25. The summed E-state index contributed by atoms with van der Waals surface area (Å²) in [7, 11) is 3.07. The van der Waals surface area contributed by atoms with Gasteiger partial charge in [-0.2, -0.15) is 0 Å². The van der Waals surface area contributed by atoms with Gasteiger partial charge in [-0.1, -0.05) is 36.2 Å². The number of hydrogen-bond acceptors (Lipinski definition) is 5. The number of nitrogens with zero attached hydrogens (tertiary/aromatic N) is 2. The molecule has 1 aromatic carbocycles. The highest BCUT2D eigenvalue weighted by atomic mass is 35.5. The van der Waals surface area contributed by atoms with Gasteiger partial charge in [0.25, 0.3) is 0 Å². The second kappa shape index (κ2) is 9.09. The molecule has 0 aliphatic heterocycles. The van der Waals surface area contributed by atoms with Crippen molar-refractivity contribution in [3.8, 4) is 11.5 Å². The Bertz CT molecular complexity index is 863. The quantitative estimate of drug-likeness (QED) is 0.633. The first kappa shape index (κ1) is 20.9. The van der Waals surface area contributed by atoms with Gasteiger partial charge < -0.3 is 19.4 Å². The summed E-state index contributed by atoms with van der Waals surface area (Å²) in [5, 5.41) is 4.20. The maximum absolute atomic E-state index is 12.5. The normalized spacial score (nSPS) is 14.3. The molecule has 0 unspecified atom stereocenters. The van der Waals surface area contributed by atoms with Gasteiger partial charge in [0.05, 0.1) is 36.4 Å². The molecule has 1 aliphatic carbocycles. The Morgan fingerprint density at radius 3 is 2.57 bits per heavy atom. The van der Waals surface area contributed by atoms with Crippen LogP contribution < -0.4 is 14.8 Å². The summed E-state index contributed by atoms with van der Waals surface area (Å²) in [5.74, 6) is 1.12. The van der Waals surface area contributed by atoms with Crippen molar-refractivity contribution in [1.82, 2.24) is 9.55 Å². The number of nitrogens with one attached hydrogen (secondary N) is 1. The van der Waals surface area contributed by atoms with Gasteiger partial charge in [-0.25, -0.2) is 4.98 Å². The molecule has 1 saturated carbocycles. The van der Waals surface area contributed by atoms with Crippen molar-refractivity contribution in [3.63, 3.8) is 0 Å². The molecule has 0 radical (unpaired) electrons. The predicted molar refractivity (Wildman–Crippen MR) is 113 cm³/mol. The van der Waals surface area contributed by atoms with Crippen molar-refractivity contribution in [2.45, 2.75) is 50.7 Å². The molecule has 3 rings (SSSR count). The summed E-state index contributed by atoms with van der Waals surface area (Å²) in [6.45, 7) is 4.13. The Kier molecular flexibility index (Phi) is 6.78. The lowest BCUT2D eigenvalue weighted by Gasteiger charge is -2.17. The molecule has 28 heavy (non-hydrogen) atoms. The maximum Gasteiger partial charge on any atom is 0.234 e. The molecule has 0 spiro atoms. The molecule has 1 N–H and O–H groups in total. The summed E-state index contributed by atoms with van der Waals surface area (Å²) >= 11 is 7.64. The summed E-state index contributed by atoms with van der Waals surface area (Å²) < 4.78 is 12.8. The highest BCUT2D eigenvalue weighted by Gasteiger charge is 2.23.